The van der Waals surface area contributed by atoms with Crippen molar-refractivity contribution in [1.82, 2.24) is 4.90 Å². The van der Waals surface area contributed by atoms with Crippen LogP contribution in [-0.4, -0.2) is 29.7 Å². The van der Waals surface area contributed by atoms with Gasteiger partial charge in [0, 0.05) is 18.7 Å². The highest BCUT2D eigenvalue weighted by Crippen LogP contribution is 2.34. The van der Waals surface area contributed by atoms with E-state index in [4.69, 9.17) is 0 Å². The second-order valence-electron chi connectivity index (χ2n) is 7.89. The van der Waals surface area contributed by atoms with Gasteiger partial charge < -0.3 is 4.90 Å². The molecule has 158 valence electrons. The number of carbonyl (C=O) groups excluding carboxylic acids is 2. The summed E-state index contributed by atoms with van der Waals surface area (Å²) >= 11 is 0. The van der Waals surface area contributed by atoms with Crippen molar-refractivity contribution < 1.29 is 9.59 Å². The maximum atomic E-state index is 12.9. The third-order valence-electron chi connectivity index (χ3n) is 5.28. The van der Waals surface area contributed by atoms with Gasteiger partial charge in [-0.1, -0.05) is 55.8 Å². The molecule has 0 N–H and O–H groups in total. The molecule has 3 heteroatoms. The van der Waals surface area contributed by atoms with Crippen molar-refractivity contribution in [1.29, 1.82) is 0 Å². The van der Waals surface area contributed by atoms with Gasteiger partial charge in [0.05, 0.1) is 0 Å². The first-order chi connectivity index (χ1) is 14.4. The average molecular weight is 404 g/mol. The number of amides is 1. The lowest BCUT2D eigenvalue weighted by atomic mass is 9.88. The highest BCUT2D eigenvalue weighted by atomic mass is 16.2. The third-order valence-corrected chi connectivity index (χ3v) is 5.28. The number of allylic oxidation sites excluding steroid dienone is 1. The normalized spacial score (nSPS) is 11.5. The molecular weight excluding hydrogens is 370 g/mol. The molecular formula is C27H33NO2. The zero-order chi connectivity index (χ0) is 22.1. The van der Waals surface area contributed by atoms with Crippen molar-refractivity contribution in [3.8, 4) is 11.1 Å². The van der Waals surface area contributed by atoms with Crippen LogP contribution >= 0.6 is 0 Å². The first-order valence-electron chi connectivity index (χ1n) is 10.7. The van der Waals surface area contributed by atoms with E-state index in [-0.39, 0.29) is 11.9 Å². The molecule has 2 aromatic carbocycles. The van der Waals surface area contributed by atoms with E-state index >= 15 is 0 Å². The molecule has 0 bridgehead atoms. The van der Waals surface area contributed by atoms with E-state index in [0.29, 0.717) is 0 Å². The van der Waals surface area contributed by atoms with Crippen LogP contribution < -0.4 is 0 Å². The smallest absolute Gasteiger partial charge is 0.246 e. The summed E-state index contributed by atoms with van der Waals surface area (Å²) in [5, 5.41) is 0. The molecule has 0 saturated carbocycles. The maximum Gasteiger partial charge on any atom is 0.246 e. The fourth-order valence-electron chi connectivity index (χ4n) is 3.69. The number of aldehydes is 1. The van der Waals surface area contributed by atoms with Gasteiger partial charge in [0.1, 0.15) is 6.29 Å². The minimum Gasteiger partial charge on any atom is -0.337 e. The first kappa shape index (κ1) is 23.3. The molecule has 2 rings (SSSR count). The van der Waals surface area contributed by atoms with E-state index in [1.54, 1.807) is 6.08 Å². The fraction of sp³-hybridized carbons (Fsp3) is 0.333. The van der Waals surface area contributed by atoms with Crippen LogP contribution in [0.1, 0.15) is 55.9 Å². The minimum atomic E-state index is 0.0387. The van der Waals surface area contributed by atoms with E-state index in [1.807, 2.05) is 41.3 Å². The molecule has 0 aromatic heterocycles. The molecule has 0 heterocycles. The quantitative estimate of drug-likeness (QED) is 0.367. The standard InChI is InChI=1S/C27H33NO2/c1-6-7-18-28(20(2)3)25(30)17-16-24-14-9-12-22(5)27(24)26-21(4)11-8-13-23(26)15-10-19-29/h8-17,19-20H,6-7,18H2,1-5H3/b15-10+,17-16+. The van der Waals surface area contributed by atoms with E-state index < -0.39 is 0 Å². The molecule has 1 amide bonds. The Balaban J connectivity index is 2.51. The predicted molar refractivity (Wildman–Crippen MR) is 127 cm³/mol. The molecule has 2 aromatic rings. The Hall–Kier alpha value is -2.94. The Labute approximate surface area is 181 Å². The van der Waals surface area contributed by atoms with Gasteiger partial charge in [0.25, 0.3) is 0 Å². The molecule has 0 aliphatic rings. The molecule has 0 aliphatic heterocycles. The summed E-state index contributed by atoms with van der Waals surface area (Å²) in [5.41, 5.74) is 6.43. The average Bonchev–Trinajstić information content (AvgIpc) is 2.71. The Morgan fingerprint density at radius 3 is 2.03 bits per heavy atom. The predicted octanol–water partition coefficient (Wildman–Crippen LogP) is 6.23. The summed E-state index contributed by atoms with van der Waals surface area (Å²) in [7, 11) is 0. The molecule has 30 heavy (non-hydrogen) atoms. The van der Waals surface area contributed by atoms with E-state index in [0.717, 1.165) is 59.1 Å². The molecule has 0 atom stereocenters. The van der Waals surface area contributed by atoms with Crippen molar-refractivity contribution in [3.63, 3.8) is 0 Å². The molecule has 0 unspecified atom stereocenters. The lowest BCUT2D eigenvalue weighted by Gasteiger charge is -2.25. The minimum absolute atomic E-state index is 0.0387. The molecule has 0 radical (unpaired) electrons. The lowest BCUT2D eigenvalue weighted by molar-refractivity contribution is -0.127. The number of benzene rings is 2. The second-order valence-corrected chi connectivity index (χ2v) is 7.89. The van der Waals surface area contributed by atoms with Gasteiger partial charge in [-0.15, -0.1) is 0 Å². The zero-order valence-corrected chi connectivity index (χ0v) is 18.8. The zero-order valence-electron chi connectivity index (χ0n) is 18.8. The van der Waals surface area contributed by atoms with Gasteiger partial charge >= 0.3 is 0 Å². The number of nitrogens with zero attached hydrogens (tertiary/aromatic N) is 1. The van der Waals surface area contributed by atoms with E-state index in [1.165, 1.54) is 6.08 Å². The topological polar surface area (TPSA) is 37.4 Å². The lowest BCUT2D eigenvalue weighted by Crippen LogP contribution is -2.36. The maximum absolute atomic E-state index is 12.9. The van der Waals surface area contributed by atoms with Crippen LogP contribution in [0.3, 0.4) is 0 Å². The van der Waals surface area contributed by atoms with Gasteiger partial charge in [-0.2, -0.15) is 0 Å². The van der Waals surface area contributed by atoms with Gasteiger partial charge in [-0.3, -0.25) is 9.59 Å². The number of rotatable bonds is 9. The van der Waals surface area contributed by atoms with Gasteiger partial charge in [0.15, 0.2) is 0 Å². The Morgan fingerprint density at radius 1 is 0.967 bits per heavy atom. The fourth-order valence-corrected chi connectivity index (χ4v) is 3.69. The van der Waals surface area contributed by atoms with Crippen LogP contribution in [0.15, 0.2) is 48.6 Å². The summed E-state index contributed by atoms with van der Waals surface area (Å²) < 4.78 is 0. The van der Waals surface area contributed by atoms with Crippen LogP contribution in [0.25, 0.3) is 23.3 Å². The van der Waals surface area contributed by atoms with Crippen LogP contribution in [0.5, 0.6) is 0 Å². The van der Waals surface area contributed by atoms with Crippen molar-refractivity contribution in [3.05, 3.63) is 70.8 Å². The number of carbonyl (C=O) groups is 2. The van der Waals surface area contributed by atoms with Crippen LogP contribution in [0, 0.1) is 13.8 Å². The highest BCUT2D eigenvalue weighted by Gasteiger charge is 2.15. The number of unbranched alkanes of at least 4 members (excludes halogenated alkanes) is 1. The molecule has 3 nitrogen and oxygen atoms in total. The highest BCUT2D eigenvalue weighted by molar-refractivity contribution is 5.95. The summed E-state index contributed by atoms with van der Waals surface area (Å²) in [5.74, 6) is 0.0387. The van der Waals surface area contributed by atoms with E-state index in [9.17, 15) is 9.59 Å². The molecule has 0 spiro atoms. The van der Waals surface area contributed by atoms with Gasteiger partial charge in [-0.25, -0.2) is 0 Å². The van der Waals surface area contributed by atoms with Crippen molar-refractivity contribution >= 4 is 24.3 Å². The number of hydrogen-bond donors (Lipinski definition) is 0. The van der Waals surface area contributed by atoms with Crippen molar-refractivity contribution in [2.45, 2.75) is 53.5 Å². The Bertz CT molecular complexity index is 938. The number of hydrogen-bond acceptors (Lipinski definition) is 2. The summed E-state index contributed by atoms with van der Waals surface area (Å²) in [6.45, 7) is 11.2. The van der Waals surface area contributed by atoms with Gasteiger partial charge in [-0.05, 0) is 79.6 Å². The molecule has 0 aliphatic carbocycles. The third kappa shape index (κ3) is 5.79. The van der Waals surface area contributed by atoms with Crippen LogP contribution in [0.2, 0.25) is 0 Å². The summed E-state index contributed by atoms with van der Waals surface area (Å²) in [6.07, 6.45) is 9.82. The van der Waals surface area contributed by atoms with Crippen LogP contribution in [0.4, 0.5) is 0 Å². The SMILES string of the molecule is CCCCN(C(=O)/C=C/c1cccc(C)c1-c1c(C)cccc1/C=C/C=O)C(C)C. The monoisotopic (exact) mass is 403 g/mol. The largest absolute Gasteiger partial charge is 0.337 e. The van der Waals surface area contributed by atoms with Crippen molar-refractivity contribution in [2.24, 2.45) is 0 Å². The Morgan fingerprint density at radius 2 is 1.53 bits per heavy atom. The van der Waals surface area contributed by atoms with E-state index in [2.05, 4.69) is 46.8 Å². The van der Waals surface area contributed by atoms with Gasteiger partial charge in [0.2, 0.25) is 5.91 Å². The summed E-state index contributed by atoms with van der Waals surface area (Å²) in [4.78, 5) is 25.7. The first-order valence-corrected chi connectivity index (χ1v) is 10.7. The van der Waals surface area contributed by atoms with Crippen LogP contribution in [-0.2, 0) is 9.59 Å². The van der Waals surface area contributed by atoms with Crippen molar-refractivity contribution in [2.75, 3.05) is 6.54 Å². The molecule has 0 fully saturated rings. The second kappa shape index (κ2) is 11.3. The molecule has 0 saturated heterocycles. The summed E-state index contributed by atoms with van der Waals surface area (Å²) in [6, 6.07) is 12.4. The Kier molecular flexibility index (Phi) is 8.79. The number of aryl methyl sites for hydroxylation is 2.